The van der Waals surface area contributed by atoms with E-state index < -0.39 is 5.92 Å². The topological polar surface area (TPSA) is 104 Å². The quantitative estimate of drug-likeness (QED) is 0.742. The third-order valence-corrected chi connectivity index (χ3v) is 5.06. The summed E-state index contributed by atoms with van der Waals surface area (Å²) in [5.74, 6) is 0.447. The lowest BCUT2D eigenvalue weighted by molar-refractivity contribution is -0.121. The van der Waals surface area contributed by atoms with Crippen LogP contribution in [0.1, 0.15) is 25.0 Å². The number of nitrogens with one attached hydrogen (secondary N) is 2. The van der Waals surface area contributed by atoms with Crippen molar-refractivity contribution in [3.8, 4) is 11.8 Å². The van der Waals surface area contributed by atoms with Gasteiger partial charge in [0.25, 0.3) is 0 Å². The number of benzene rings is 1. The molecule has 0 spiro atoms. The predicted molar refractivity (Wildman–Crippen MR) is 106 cm³/mol. The summed E-state index contributed by atoms with van der Waals surface area (Å²) in [5, 5.41) is 15.4. The number of ether oxygens (including phenoxy) is 1. The van der Waals surface area contributed by atoms with Gasteiger partial charge in [0.15, 0.2) is 0 Å². The van der Waals surface area contributed by atoms with Gasteiger partial charge in [-0.3, -0.25) is 9.59 Å². The van der Waals surface area contributed by atoms with Crippen molar-refractivity contribution >= 4 is 29.3 Å². The zero-order chi connectivity index (χ0) is 19.9. The first-order valence-electron chi connectivity index (χ1n) is 8.73. The maximum Gasteiger partial charge on any atom is 0.234 e. The van der Waals surface area contributed by atoms with Gasteiger partial charge in [0.05, 0.1) is 41.2 Å². The average Bonchev–Trinajstić information content (AvgIpc) is 3.22. The summed E-state index contributed by atoms with van der Waals surface area (Å²) in [6.45, 7) is 2.47. The van der Waals surface area contributed by atoms with E-state index in [4.69, 9.17) is 9.15 Å². The molecular formula is C20H19N3O4S. The molecule has 0 aliphatic carbocycles. The fourth-order valence-electron chi connectivity index (χ4n) is 2.80. The van der Waals surface area contributed by atoms with Crippen molar-refractivity contribution in [2.45, 2.75) is 19.3 Å². The minimum Gasteiger partial charge on any atom is -0.494 e. The lowest BCUT2D eigenvalue weighted by Crippen LogP contribution is -2.31. The number of nitrogens with zero attached hydrogens (tertiary/aromatic N) is 1. The number of carbonyl (C=O) groups excluding carboxylic acids is 2. The predicted octanol–water partition coefficient (Wildman–Crippen LogP) is 3.39. The van der Waals surface area contributed by atoms with Crippen molar-refractivity contribution in [1.29, 1.82) is 5.26 Å². The summed E-state index contributed by atoms with van der Waals surface area (Å²) in [4.78, 5) is 24.3. The molecule has 0 bridgehead atoms. The Morgan fingerprint density at radius 2 is 2.18 bits per heavy atom. The first-order valence-corrected chi connectivity index (χ1v) is 9.72. The fraction of sp³-hybridized carbons (Fsp3) is 0.250. The second kappa shape index (κ2) is 9.15. The van der Waals surface area contributed by atoms with Gasteiger partial charge in [-0.25, -0.2) is 0 Å². The summed E-state index contributed by atoms with van der Waals surface area (Å²) in [5.41, 5.74) is 1.04. The van der Waals surface area contributed by atoms with Crippen LogP contribution in [-0.2, 0) is 9.59 Å². The van der Waals surface area contributed by atoms with Crippen LogP contribution < -0.4 is 15.4 Å². The van der Waals surface area contributed by atoms with Crippen molar-refractivity contribution in [3.63, 3.8) is 0 Å². The van der Waals surface area contributed by atoms with Crippen LogP contribution in [0.2, 0.25) is 0 Å². The second-order valence-electron chi connectivity index (χ2n) is 5.97. The highest BCUT2D eigenvalue weighted by Crippen LogP contribution is 2.36. The highest BCUT2D eigenvalue weighted by atomic mass is 32.2. The molecule has 0 unspecified atom stereocenters. The second-order valence-corrected chi connectivity index (χ2v) is 6.95. The van der Waals surface area contributed by atoms with Gasteiger partial charge in [0.2, 0.25) is 11.8 Å². The Morgan fingerprint density at radius 1 is 1.39 bits per heavy atom. The van der Waals surface area contributed by atoms with Gasteiger partial charge in [-0.05, 0) is 43.3 Å². The van der Waals surface area contributed by atoms with Gasteiger partial charge in [-0.1, -0.05) is 11.8 Å². The molecule has 0 saturated carbocycles. The Morgan fingerprint density at radius 3 is 2.82 bits per heavy atom. The molecule has 1 aromatic carbocycles. The van der Waals surface area contributed by atoms with E-state index >= 15 is 0 Å². The number of carbonyl (C=O) groups is 2. The zero-order valence-electron chi connectivity index (χ0n) is 15.2. The molecule has 0 fully saturated rings. The van der Waals surface area contributed by atoms with E-state index in [1.165, 1.54) is 6.26 Å². The van der Waals surface area contributed by atoms with Gasteiger partial charge in [-0.15, -0.1) is 0 Å². The third-order valence-electron chi connectivity index (χ3n) is 4.04. The molecule has 0 saturated heterocycles. The van der Waals surface area contributed by atoms with Gasteiger partial charge in [-0.2, -0.15) is 5.26 Å². The van der Waals surface area contributed by atoms with E-state index in [0.717, 1.165) is 17.5 Å². The van der Waals surface area contributed by atoms with Gasteiger partial charge in [0.1, 0.15) is 11.5 Å². The Balaban J connectivity index is 1.65. The van der Waals surface area contributed by atoms with Crippen LogP contribution in [0.15, 0.2) is 57.7 Å². The number of amides is 2. The van der Waals surface area contributed by atoms with E-state index in [0.29, 0.717) is 28.7 Å². The monoisotopic (exact) mass is 397 g/mol. The molecule has 1 aromatic heterocycles. The molecule has 0 radical (unpaired) electrons. The lowest BCUT2D eigenvalue weighted by atomic mass is 9.92. The number of anilines is 1. The Labute approximate surface area is 166 Å². The minimum absolute atomic E-state index is 0.0544. The molecular weight excluding hydrogens is 378 g/mol. The van der Waals surface area contributed by atoms with Crippen LogP contribution in [0.25, 0.3) is 0 Å². The van der Waals surface area contributed by atoms with Gasteiger partial charge < -0.3 is 19.8 Å². The summed E-state index contributed by atoms with van der Waals surface area (Å²) in [6, 6.07) is 12.7. The molecule has 7 nitrogen and oxygen atoms in total. The molecule has 3 rings (SSSR count). The molecule has 1 aliphatic heterocycles. The third kappa shape index (κ3) is 4.75. The van der Waals surface area contributed by atoms with Crippen molar-refractivity contribution in [2.24, 2.45) is 0 Å². The Hall–Kier alpha value is -3.18. The average molecular weight is 397 g/mol. The number of nitriles is 1. The van der Waals surface area contributed by atoms with E-state index in [2.05, 4.69) is 16.7 Å². The van der Waals surface area contributed by atoms with E-state index in [1.54, 1.807) is 36.4 Å². The highest BCUT2D eigenvalue weighted by molar-refractivity contribution is 8.03. The van der Waals surface area contributed by atoms with Crippen LogP contribution in [0.5, 0.6) is 5.75 Å². The Kier molecular flexibility index (Phi) is 6.40. The molecule has 2 aromatic rings. The largest absolute Gasteiger partial charge is 0.494 e. The number of hydrogen-bond acceptors (Lipinski definition) is 6. The van der Waals surface area contributed by atoms with Crippen molar-refractivity contribution in [1.82, 2.24) is 5.32 Å². The number of furan rings is 1. The lowest BCUT2D eigenvalue weighted by Gasteiger charge is -2.23. The zero-order valence-corrected chi connectivity index (χ0v) is 16.0. The number of hydrogen-bond donors (Lipinski definition) is 2. The summed E-state index contributed by atoms with van der Waals surface area (Å²) < 4.78 is 10.7. The smallest absolute Gasteiger partial charge is 0.234 e. The molecule has 28 heavy (non-hydrogen) atoms. The van der Waals surface area contributed by atoms with Crippen LogP contribution in [0.4, 0.5) is 5.69 Å². The molecule has 1 atom stereocenters. The van der Waals surface area contributed by atoms with Gasteiger partial charge >= 0.3 is 0 Å². The maximum absolute atomic E-state index is 12.3. The Bertz CT molecular complexity index is 914. The number of rotatable bonds is 7. The molecule has 1 aliphatic rings. The first kappa shape index (κ1) is 19.6. The van der Waals surface area contributed by atoms with Crippen molar-refractivity contribution in [3.05, 3.63) is 59.0 Å². The maximum atomic E-state index is 12.3. The summed E-state index contributed by atoms with van der Waals surface area (Å²) in [6.07, 6.45) is 1.65. The van der Waals surface area contributed by atoms with Crippen LogP contribution in [0.3, 0.4) is 0 Å². The van der Waals surface area contributed by atoms with E-state index in [-0.39, 0.29) is 24.0 Å². The summed E-state index contributed by atoms with van der Waals surface area (Å²) >= 11 is 1.12. The molecule has 2 N–H and O–H groups in total. The number of allylic oxidation sites excluding steroid dienone is 1. The van der Waals surface area contributed by atoms with Crippen LogP contribution in [-0.4, -0.2) is 24.2 Å². The van der Waals surface area contributed by atoms with E-state index in [9.17, 15) is 14.9 Å². The fourth-order valence-corrected chi connectivity index (χ4v) is 3.68. The van der Waals surface area contributed by atoms with Crippen LogP contribution in [0, 0.1) is 11.3 Å². The molecule has 8 heteroatoms. The standard InChI is InChI=1S/C20H19N3O4S/c1-2-26-14-7-5-13(6-8-14)22-19(25)12-28-20-16(11-21)15(10-18(24)23-20)17-4-3-9-27-17/h3-9,15H,2,10,12H2,1H3,(H,22,25)(H,23,24)/t15-/m1/s1. The van der Waals surface area contributed by atoms with Gasteiger partial charge in [0, 0.05) is 12.1 Å². The molecule has 2 heterocycles. The highest BCUT2D eigenvalue weighted by Gasteiger charge is 2.31. The van der Waals surface area contributed by atoms with Crippen molar-refractivity contribution in [2.75, 3.05) is 17.7 Å². The van der Waals surface area contributed by atoms with E-state index in [1.807, 2.05) is 6.92 Å². The van der Waals surface area contributed by atoms with Crippen molar-refractivity contribution < 1.29 is 18.7 Å². The molecule has 2 amide bonds. The summed E-state index contributed by atoms with van der Waals surface area (Å²) in [7, 11) is 0. The number of thioether (sulfide) groups is 1. The van der Waals surface area contributed by atoms with Crippen LogP contribution >= 0.6 is 11.8 Å². The molecule has 144 valence electrons. The minimum atomic E-state index is -0.439. The first-order chi connectivity index (χ1) is 13.6. The SMILES string of the molecule is CCOc1ccc(NC(=O)CSC2=C(C#N)[C@H](c3ccco3)CC(=O)N2)cc1. The normalized spacial score (nSPS) is 16.3.